The molecule has 1 heteroatoms. The molecule has 0 aliphatic rings. The maximum atomic E-state index is 10.2. The number of aldehydes is 1. The zero-order valence-corrected chi connectivity index (χ0v) is 18.6. The molecular weight excluding hydrogens is 328 g/mol. The molecule has 0 N–H and O–H groups in total. The highest BCUT2D eigenvalue weighted by atomic mass is 16.1. The van der Waals surface area contributed by atoms with Crippen LogP contribution in [-0.4, -0.2) is 6.29 Å². The van der Waals surface area contributed by atoms with Gasteiger partial charge in [-0.1, -0.05) is 109 Å². The molecule has 0 radical (unpaired) electrons. The Bertz CT molecular complexity index is 342. The highest BCUT2D eigenvalue weighted by Gasteiger charge is 2.05. The summed E-state index contributed by atoms with van der Waals surface area (Å²) in [6.45, 7) is 4.66. The Morgan fingerprint density at radius 1 is 0.593 bits per heavy atom. The van der Waals surface area contributed by atoms with Crippen LogP contribution in [0.4, 0.5) is 0 Å². The van der Waals surface area contributed by atoms with Gasteiger partial charge in [-0.15, -0.1) is 0 Å². The first-order valence-electron chi connectivity index (χ1n) is 12.1. The van der Waals surface area contributed by atoms with Crippen LogP contribution in [0.15, 0.2) is 24.3 Å². The number of allylic oxidation sites excluding steroid dienone is 4. The quantitative estimate of drug-likeness (QED) is 0.111. The fraction of sp³-hybridized carbons (Fsp3) is 0.808. The van der Waals surface area contributed by atoms with E-state index in [1.807, 2.05) is 0 Å². The summed E-state index contributed by atoms with van der Waals surface area (Å²) in [6.07, 6.45) is 33.5. The molecule has 0 rings (SSSR count). The van der Waals surface area contributed by atoms with Crippen molar-refractivity contribution < 1.29 is 4.79 Å². The van der Waals surface area contributed by atoms with E-state index in [0.717, 1.165) is 31.5 Å². The lowest BCUT2D eigenvalue weighted by molar-refractivity contribution is -0.107. The standard InChI is InChI=1S/C26H48O/c1-3-5-20-23-26(4-2)24-21-18-16-14-12-10-8-6-7-9-11-13-15-17-19-22-25-27/h6-7,10,12,25-26H,3-5,8-9,11,13-24H2,1-2H3/b7-6-,12-10-. The van der Waals surface area contributed by atoms with Crippen molar-refractivity contribution in [1.29, 1.82) is 0 Å². The summed E-state index contributed by atoms with van der Waals surface area (Å²) in [5.74, 6) is 0.980. The fourth-order valence-corrected chi connectivity index (χ4v) is 3.63. The van der Waals surface area contributed by atoms with Crippen LogP contribution in [0, 0.1) is 5.92 Å². The van der Waals surface area contributed by atoms with Gasteiger partial charge in [0.1, 0.15) is 6.29 Å². The van der Waals surface area contributed by atoms with E-state index < -0.39 is 0 Å². The Kier molecular flexibility index (Phi) is 22.5. The van der Waals surface area contributed by atoms with E-state index in [2.05, 4.69) is 38.2 Å². The largest absolute Gasteiger partial charge is 0.303 e. The highest BCUT2D eigenvalue weighted by Crippen LogP contribution is 2.20. The van der Waals surface area contributed by atoms with E-state index >= 15 is 0 Å². The first-order valence-corrected chi connectivity index (χ1v) is 12.1. The third-order valence-electron chi connectivity index (χ3n) is 5.57. The van der Waals surface area contributed by atoms with E-state index in [1.54, 1.807) is 0 Å². The summed E-state index contributed by atoms with van der Waals surface area (Å²) >= 11 is 0. The summed E-state index contributed by atoms with van der Waals surface area (Å²) < 4.78 is 0. The fourth-order valence-electron chi connectivity index (χ4n) is 3.63. The minimum Gasteiger partial charge on any atom is -0.303 e. The molecule has 0 saturated heterocycles. The molecule has 158 valence electrons. The van der Waals surface area contributed by atoms with Crippen molar-refractivity contribution in [3.05, 3.63) is 24.3 Å². The van der Waals surface area contributed by atoms with Crippen molar-refractivity contribution in [2.75, 3.05) is 0 Å². The average molecular weight is 377 g/mol. The second-order valence-electron chi connectivity index (χ2n) is 8.10. The molecule has 0 spiro atoms. The van der Waals surface area contributed by atoms with Crippen molar-refractivity contribution in [2.24, 2.45) is 5.92 Å². The molecular formula is C26H48O. The smallest absolute Gasteiger partial charge is 0.119 e. The number of hydrogen-bond acceptors (Lipinski definition) is 1. The summed E-state index contributed by atoms with van der Waals surface area (Å²) in [5.41, 5.74) is 0. The van der Waals surface area contributed by atoms with Crippen LogP contribution >= 0.6 is 0 Å². The van der Waals surface area contributed by atoms with Gasteiger partial charge in [-0.3, -0.25) is 0 Å². The van der Waals surface area contributed by atoms with Gasteiger partial charge in [-0.2, -0.15) is 0 Å². The van der Waals surface area contributed by atoms with Crippen molar-refractivity contribution >= 4 is 6.29 Å². The molecule has 0 aromatic rings. The molecule has 1 unspecified atom stereocenters. The number of carbonyl (C=O) groups is 1. The molecule has 1 nitrogen and oxygen atoms in total. The maximum absolute atomic E-state index is 10.2. The van der Waals surface area contributed by atoms with Gasteiger partial charge >= 0.3 is 0 Å². The predicted octanol–water partition coefficient (Wildman–Crippen LogP) is 8.98. The van der Waals surface area contributed by atoms with Crippen LogP contribution in [0.25, 0.3) is 0 Å². The molecule has 0 aromatic heterocycles. The third kappa shape index (κ3) is 21.3. The van der Waals surface area contributed by atoms with Crippen LogP contribution in [-0.2, 0) is 4.79 Å². The molecule has 0 aromatic carbocycles. The molecule has 0 saturated carbocycles. The number of rotatable bonds is 21. The summed E-state index contributed by atoms with van der Waals surface area (Å²) in [6, 6.07) is 0. The molecule has 0 aliphatic heterocycles. The summed E-state index contributed by atoms with van der Waals surface area (Å²) in [4.78, 5) is 10.2. The van der Waals surface area contributed by atoms with Gasteiger partial charge in [0.05, 0.1) is 0 Å². The van der Waals surface area contributed by atoms with E-state index in [0.29, 0.717) is 0 Å². The van der Waals surface area contributed by atoms with Crippen LogP contribution in [0.1, 0.15) is 129 Å². The van der Waals surface area contributed by atoms with Crippen LogP contribution in [0.3, 0.4) is 0 Å². The monoisotopic (exact) mass is 376 g/mol. The number of carbonyl (C=O) groups excluding carboxylic acids is 1. The second-order valence-corrected chi connectivity index (χ2v) is 8.10. The summed E-state index contributed by atoms with van der Waals surface area (Å²) in [5, 5.41) is 0. The first kappa shape index (κ1) is 26.1. The Morgan fingerprint density at radius 2 is 1.11 bits per heavy atom. The molecule has 27 heavy (non-hydrogen) atoms. The number of hydrogen-bond donors (Lipinski definition) is 0. The van der Waals surface area contributed by atoms with Crippen LogP contribution < -0.4 is 0 Å². The van der Waals surface area contributed by atoms with Crippen molar-refractivity contribution in [2.45, 2.75) is 129 Å². The molecule has 1 atom stereocenters. The van der Waals surface area contributed by atoms with E-state index in [9.17, 15) is 4.79 Å². The van der Waals surface area contributed by atoms with Gasteiger partial charge < -0.3 is 4.79 Å². The van der Waals surface area contributed by atoms with Gasteiger partial charge in [0.2, 0.25) is 0 Å². The third-order valence-corrected chi connectivity index (χ3v) is 5.57. The molecule has 0 bridgehead atoms. The van der Waals surface area contributed by atoms with Crippen LogP contribution in [0.5, 0.6) is 0 Å². The first-order chi connectivity index (χ1) is 13.3. The van der Waals surface area contributed by atoms with Crippen molar-refractivity contribution in [3.63, 3.8) is 0 Å². The minimum absolute atomic E-state index is 0.741. The molecule has 0 fully saturated rings. The van der Waals surface area contributed by atoms with Gasteiger partial charge in [-0.05, 0) is 44.4 Å². The molecule has 0 heterocycles. The summed E-state index contributed by atoms with van der Waals surface area (Å²) in [7, 11) is 0. The van der Waals surface area contributed by atoms with Gasteiger partial charge in [-0.25, -0.2) is 0 Å². The van der Waals surface area contributed by atoms with Crippen molar-refractivity contribution in [3.8, 4) is 0 Å². The lowest BCUT2D eigenvalue weighted by atomic mass is 9.92. The molecule has 0 amide bonds. The Labute approximate surface area is 171 Å². The maximum Gasteiger partial charge on any atom is 0.119 e. The zero-order chi connectivity index (χ0) is 19.8. The highest BCUT2D eigenvalue weighted by molar-refractivity contribution is 5.48. The minimum atomic E-state index is 0.741. The zero-order valence-electron chi connectivity index (χ0n) is 18.6. The predicted molar refractivity (Wildman–Crippen MR) is 122 cm³/mol. The SMILES string of the molecule is CCCCCC(CC)CCCCC/C=C\C/C=C\CCCCCCCC=O. The van der Waals surface area contributed by atoms with Gasteiger partial charge in [0, 0.05) is 6.42 Å². The Hall–Kier alpha value is -0.850. The van der Waals surface area contributed by atoms with Crippen molar-refractivity contribution in [1.82, 2.24) is 0 Å². The lowest BCUT2D eigenvalue weighted by Gasteiger charge is -2.14. The Balaban J connectivity index is 3.35. The topological polar surface area (TPSA) is 17.1 Å². The van der Waals surface area contributed by atoms with Gasteiger partial charge in [0.15, 0.2) is 0 Å². The van der Waals surface area contributed by atoms with E-state index in [1.165, 1.54) is 96.3 Å². The Morgan fingerprint density at radius 3 is 1.67 bits per heavy atom. The number of unbranched alkanes of at least 4 members (excludes halogenated alkanes) is 11. The van der Waals surface area contributed by atoms with Gasteiger partial charge in [0.25, 0.3) is 0 Å². The average Bonchev–Trinajstić information content (AvgIpc) is 2.69. The lowest BCUT2D eigenvalue weighted by Crippen LogP contribution is -1.98. The van der Waals surface area contributed by atoms with Crippen LogP contribution in [0.2, 0.25) is 0 Å². The molecule has 0 aliphatic carbocycles. The normalized spacial score (nSPS) is 13.0. The second kappa shape index (κ2) is 23.2. The van der Waals surface area contributed by atoms with E-state index in [-0.39, 0.29) is 0 Å². The van der Waals surface area contributed by atoms with E-state index in [4.69, 9.17) is 0 Å².